The number of fused-ring (bicyclic) bond motifs is 1. The Labute approximate surface area is 121 Å². The van der Waals surface area contributed by atoms with Crippen LogP contribution in [0.3, 0.4) is 0 Å². The number of hydrazine groups is 1. The predicted molar refractivity (Wildman–Crippen MR) is 79.3 cm³/mol. The van der Waals surface area contributed by atoms with Crippen LogP contribution in [0.2, 0.25) is 5.02 Å². The molecule has 0 saturated carbocycles. The summed E-state index contributed by atoms with van der Waals surface area (Å²) < 4.78 is 13.3. The Bertz CT molecular complexity index is 691. The lowest BCUT2D eigenvalue weighted by Gasteiger charge is -2.21. The molecule has 0 amide bonds. The fourth-order valence-corrected chi connectivity index (χ4v) is 1.95. The molecule has 0 aliphatic rings. The molecule has 0 fully saturated rings. The van der Waals surface area contributed by atoms with Crippen molar-refractivity contribution in [1.29, 1.82) is 0 Å². The minimum atomic E-state index is -0.546. The summed E-state index contributed by atoms with van der Waals surface area (Å²) in [6.07, 6.45) is 0. The van der Waals surface area contributed by atoms with Crippen molar-refractivity contribution in [2.75, 3.05) is 0 Å². The molecule has 0 saturated heterocycles. The van der Waals surface area contributed by atoms with Crippen LogP contribution in [0.25, 0.3) is 10.9 Å². The Morgan fingerprint density at radius 3 is 2.65 bits per heavy atom. The lowest BCUT2D eigenvalue weighted by molar-refractivity contribution is 0.355. The third-order valence-electron chi connectivity index (χ3n) is 2.70. The Morgan fingerprint density at radius 1 is 1.30 bits per heavy atom. The highest BCUT2D eigenvalue weighted by molar-refractivity contribution is 6.31. The van der Waals surface area contributed by atoms with Gasteiger partial charge in [-0.2, -0.15) is 0 Å². The van der Waals surface area contributed by atoms with E-state index >= 15 is 0 Å². The molecule has 0 spiro atoms. The Morgan fingerprint density at radius 2 is 2.00 bits per heavy atom. The van der Waals surface area contributed by atoms with Crippen LogP contribution >= 0.6 is 11.6 Å². The van der Waals surface area contributed by atoms with Crippen LogP contribution in [0.4, 0.5) is 4.39 Å². The van der Waals surface area contributed by atoms with E-state index in [-0.39, 0.29) is 16.1 Å². The van der Waals surface area contributed by atoms with Crippen LogP contribution in [0.1, 0.15) is 26.3 Å². The number of nitrogens with one attached hydrogen (secondary N) is 3. The zero-order valence-corrected chi connectivity index (χ0v) is 12.4. The first-order chi connectivity index (χ1) is 9.26. The number of hydrogen-bond acceptors (Lipinski definition) is 3. The number of H-pyrrole nitrogens is 1. The number of pyridine rings is 1. The summed E-state index contributed by atoms with van der Waals surface area (Å²) in [4.78, 5) is 14.6. The summed E-state index contributed by atoms with van der Waals surface area (Å²) in [7, 11) is 0. The van der Waals surface area contributed by atoms with E-state index < -0.39 is 5.82 Å². The summed E-state index contributed by atoms with van der Waals surface area (Å²) in [6.45, 7) is 6.38. The monoisotopic (exact) mass is 297 g/mol. The smallest absolute Gasteiger partial charge is 0.252 e. The zero-order chi connectivity index (χ0) is 14.9. The molecular formula is C14H17ClFN3O. The van der Waals surface area contributed by atoms with Crippen molar-refractivity contribution in [3.63, 3.8) is 0 Å². The van der Waals surface area contributed by atoms with E-state index in [2.05, 4.69) is 15.8 Å². The lowest BCUT2D eigenvalue weighted by atomic mass is 10.1. The van der Waals surface area contributed by atoms with Gasteiger partial charge >= 0.3 is 0 Å². The highest BCUT2D eigenvalue weighted by Crippen LogP contribution is 2.21. The summed E-state index contributed by atoms with van der Waals surface area (Å²) in [6, 6.07) is 4.43. The molecule has 2 rings (SSSR count). The van der Waals surface area contributed by atoms with E-state index in [1.807, 2.05) is 20.8 Å². The second-order valence-electron chi connectivity index (χ2n) is 5.71. The van der Waals surface area contributed by atoms with Crippen LogP contribution in [-0.4, -0.2) is 10.5 Å². The van der Waals surface area contributed by atoms with Crippen molar-refractivity contribution < 1.29 is 4.39 Å². The fraction of sp³-hybridized carbons (Fsp3) is 0.357. The molecule has 0 atom stereocenters. The van der Waals surface area contributed by atoms with Gasteiger partial charge in [0.05, 0.1) is 10.5 Å². The van der Waals surface area contributed by atoms with Crippen LogP contribution in [0, 0.1) is 5.82 Å². The quantitative estimate of drug-likeness (QED) is 0.764. The van der Waals surface area contributed by atoms with E-state index in [9.17, 15) is 9.18 Å². The lowest BCUT2D eigenvalue weighted by Crippen LogP contribution is -2.46. The molecule has 0 unspecified atom stereocenters. The van der Waals surface area contributed by atoms with Crippen LogP contribution < -0.4 is 16.4 Å². The summed E-state index contributed by atoms with van der Waals surface area (Å²) in [5.74, 6) is -0.546. The van der Waals surface area contributed by atoms with Gasteiger partial charge in [-0.1, -0.05) is 11.6 Å². The topological polar surface area (TPSA) is 56.9 Å². The molecule has 108 valence electrons. The van der Waals surface area contributed by atoms with Crippen molar-refractivity contribution in [3.8, 4) is 0 Å². The molecular weight excluding hydrogens is 281 g/mol. The molecule has 4 nitrogen and oxygen atoms in total. The van der Waals surface area contributed by atoms with Crippen LogP contribution in [0.15, 0.2) is 23.0 Å². The molecule has 0 bridgehead atoms. The molecule has 20 heavy (non-hydrogen) atoms. The maximum Gasteiger partial charge on any atom is 0.252 e. The molecule has 1 heterocycles. The maximum absolute atomic E-state index is 13.3. The molecule has 1 aromatic heterocycles. The number of aromatic amines is 1. The van der Waals surface area contributed by atoms with Crippen LogP contribution in [-0.2, 0) is 6.54 Å². The number of halogens is 2. The van der Waals surface area contributed by atoms with Gasteiger partial charge in [0.15, 0.2) is 0 Å². The van der Waals surface area contributed by atoms with E-state index in [1.54, 1.807) is 6.07 Å². The average molecular weight is 298 g/mol. The van der Waals surface area contributed by atoms with Gasteiger partial charge in [-0.15, -0.1) is 0 Å². The van der Waals surface area contributed by atoms with Gasteiger partial charge in [0, 0.05) is 23.0 Å². The molecule has 3 N–H and O–H groups in total. The van der Waals surface area contributed by atoms with E-state index in [4.69, 9.17) is 11.6 Å². The first-order valence-electron chi connectivity index (χ1n) is 6.27. The first-order valence-corrected chi connectivity index (χ1v) is 6.65. The van der Waals surface area contributed by atoms with Gasteiger partial charge in [0.1, 0.15) is 5.82 Å². The summed E-state index contributed by atoms with van der Waals surface area (Å²) in [5, 5.41) is 0.736. The van der Waals surface area contributed by atoms with Crippen molar-refractivity contribution in [3.05, 3.63) is 45.0 Å². The number of rotatable bonds is 3. The van der Waals surface area contributed by atoms with Gasteiger partial charge in [0.2, 0.25) is 0 Å². The Kier molecular flexibility index (Phi) is 4.13. The standard InChI is InChI=1S/C14H17ClFN3O/c1-14(2,3)19-17-7-9-4-8-5-10(15)11(16)6-12(8)18-13(9)20/h4-6,17,19H,7H2,1-3H3,(H,18,20). The molecule has 0 aliphatic heterocycles. The van der Waals surface area contributed by atoms with Crippen molar-refractivity contribution >= 4 is 22.5 Å². The van der Waals surface area contributed by atoms with Crippen LogP contribution in [0.5, 0.6) is 0 Å². The van der Waals surface area contributed by atoms with Crippen molar-refractivity contribution in [2.45, 2.75) is 32.9 Å². The zero-order valence-electron chi connectivity index (χ0n) is 11.6. The molecule has 0 radical (unpaired) electrons. The van der Waals surface area contributed by atoms with E-state index in [0.717, 1.165) is 0 Å². The van der Waals surface area contributed by atoms with Gasteiger partial charge in [-0.25, -0.2) is 4.39 Å². The minimum Gasteiger partial charge on any atom is -0.322 e. The fourth-order valence-electron chi connectivity index (χ4n) is 1.78. The Hall–Kier alpha value is -1.43. The predicted octanol–water partition coefficient (Wildman–Crippen LogP) is 2.71. The molecule has 2 aromatic rings. The second kappa shape index (κ2) is 5.52. The second-order valence-corrected chi connectivity index (χ2v) is 6.11. The highest BCUT2D eigenvalue weighted by atomic mass is 35.5. The molecule has 0 aliphatic carbocycles. The summed E-state index contributed by atoms with van der Waals surface area (Å²) >= 11 is 5.75. The third kappa shape index (κ3) is 3.56. The largest absolute Gasteiger partial charge is 0.322 e. The van der Waals surface area contributed by atoms with Crippen molar-refractivity contribution in [2.24, 2.45) is 0 Å². The van der Waals surface area contributed by atoms with Gasteiger partial charge in [-0.3, -0.25) is 15.6 Å². The number of aromatic nitrogens is 1. The molecule has 1 aromatic carbocycles. The normalized spacial score (nSPS) is 12.1. The number of hydrogen-bond donors (Lipinski definition) is 3. The van der Waals surface area contributed by atoms with Gasteiger partial charge in [-0.05, 0) is 39.0 Å². The van der Waals surface area contributed by atoms with Crippen molar-refractivity contribution in [1.82, 2.24) is 15.8 Å². The van der Waals surface area contributed by atoms with Gasteiger partial charge < -0.3 is 4.98 Å². The first kappa shape index (κ1) is 15.0. The minimum absolute atomic E-state index is 0.0382. The maximum atomic E-state index is 13.3. The van der Waals surface area contributed by atoms with Gasteiger partial charge in [0.25, 0.3) is 5.56 Å². The molecule has 6 heteroatoms. The highest BCUT2D eigenvalue weighted by Gasteiger charge is 2.10. The summed E-state index contributed by atoms with van der Waals surface area (Å²) in [5.41, 5.74) is 6.71. The average Bonchev–Trinajstić information content (AvgIpc) is 2.31. The SMILES string of the molecule is CC(C)(C)NNCc1cc2cc(Cl)c(F)cc2[nH]c1=O. The number of benzene rings is 1. The Balaban J connectivity index is 2.28. The third-order valence-corrected chi connectivity index (χ3v) is 2.99. The van der Waals surface area contributed by atoms with E-state index in [1.165, 1.54) is 12.1 Å². The van der Waals surface area contributed by atoms with E-state index in [0.29, 0.717) is 23.0 Å².